The Morgan fingerprint density at radius 2 is 0.466 bits per heavy atom. The van der Waals surface area contributed by atoms with Crippen LogP contribution in [0.25, 0.3) is 271 Å². The average Bonchev–Trinajstić information content (AvgIpc) is 1.56. The van der Waals surface area contributed by atoms with Crippen LogP contribution in [0.3, 0.4) is 0 Å². The van der Waals surface area contributed by atoms with E-state index in [4.69, 9.17) is 4.98 Å². The zero-order chi connectivity index (χ0) is 97.4. The van der Waals surface area contributed by atoms with Crippen LogP contribution < -0.4 is 4.90 Å². The standard InChI is InChI=1S/C51H33N3.C50H31N3.C39H24N2/c1-4-14-34(15-5-1)36-28-39(53(37-18-6-2-7-19-37)38-20-8-3-9-21-38)30-40(29-36)54-49-25-11-10-22-42(49)47-31-45-46(32-50(47)54)44-24-13-17-35-16-12-23-43(51(35)44)41-26-27-52-33-48(41)45;1-3-11-32(12-4-1)34-21-23-35(24-22-34)46-27-37(33-13-5-2-6-14-33)28-49(52-46)53-47-20-8-7-17-39(47)44-29-42-43(30-48(44)53)41-19-10-16-36-15-9-18-40(50(36)41)38-25-26-51-31-45(38)42;1-2-8-25(9-3-1)26-16-18-28(19-17-26)41-37-15-5-4-12-30(37)35-22-33-34(23-38(35)41)32-14-7-11-27-10-6-13-31(39(27)32)29-20-21-40-24-36(29)33/h1-33H;1-31H;1-24H. The highest BCUT2D eigenvalue weighted by molar-refractivity contribution is 6.23. The highest BCUT2D eigenvalue weighted by Gasteiger charge is 2.31. The molecule has 0 amide bonds. The Bertz CT molecular complexity index is 10100. The van der Waals surface area contributed by atoms with Crippen molar-refractivity contribution in [3.05, 3.63) is 535 Å². The van der Waals surface area contributed by atoms with Gasteiger partial charge in [0.05, 0.1) is 38.8 Å². The molecule has 0 unspecified atom stereocenters. The number of nitrogens with zero attached hydrogens (tertiary/aromatic N) is 8. The number of hydrogen-bond donors (Lipinski definition) is 0. The van der Waals surface area contributed by atoms with Gasteiger partial charge in [-0.05, 0) is 300 Å². The van der Waals surface area contributed by atoms with Crippen molar-refractivity contribution in [3.8, 4) is 173 Å². The molecule has 0 bridgehead atoms. The average molecular weight is 1880 g/mol. The van der Waals surface area contributed by atoms with Gasteiger partial charge in [0.15, 0.2) is 0 Å². The molecule has 21 aromatic carbocycles. The highest BCUT2D eigenvalue weighted by Crippen LogP contribution is 2.56. The summed E-state index contributed by atoms with van der Waals surface area (Å²) in [4.78, 5) is 21.7. The fourth-order valence-electron chi connectivity index (χ4n) is 23.8. The van der Waals surface area contributed by atoms with Crippen molar-refractivity contribution in [2.24, 2.45) is 0 Å². The SMILES string of the molecule is c1ccc(-c2cc(N(c3ccccc3)c3ccccc3)cc(-n3c4ccccc4c4cc5c(cc43)-c3cccc4cccc(c34)-c3ccncc3-5)c2)cc1.c1ccc(-c2ccc(-c3cc(-c4ccccc4)cc(-n4c5ccccc5c5cc6c(cc54)-c4cccc5cccc(c45)-c4ccncc4-6)n3)cc2)cc1.c1ccc(-c2ccc(-n3c4ccccc4c4cc5c(cc43)-c3cccc4cccc(c34)-c3ccncc3-5)cc2)cc1. The van der Waals surface area contributed by atoms with E-state index in [1.165, 1.54) is 204 Å². The van der Waals surface area contributed by atoms with Crippen molar-refractivity contribution >= 4 is 115 Å². The van der Waals surface area contributed by atoms with Crippen molar-refractivity contribution in [2.75, 3.05) is 4.90 Å². The van der Waals surface area contributed by atoms with Crippen LogP contribution in [-0.2, 0) is 0 Å². The first-order chi connectivity index (χ1) is 73.4. The van der Waals surface area contributed by atoms with Crippen LogP contribution >= 0.6 is 0 Å². The lowest BCUT2D eigenvalue weighted by Gasteiger charge is -2.27. The maximum atomic E-state index is 5.47. The Morgan fingerprint density at radius 3 is 0.858 bits per heavy atom. The molecular formula is C140H88N8. The summed E-state index contributed by atoms with van der Waals surface area (Å²) in [6.07, 6.45) is 11.8. The number of para-hydroxylation sites is 5. The smallest absolute Gasteiger partial charge is 0.138 e. The summed E-state index contributed by atoms with van der Waals surface area (Å²) >= 11 is 0. The summed E-state index contributed by atoms with van der Waals surface area (Å²) in [5, 5.41) is 14.9. The Balaban J connectivity index is 0.000000106. The normalized spacial score (nSPS) is 11.8. The lowest BCUT2D eigenvalue weighted by Crippen LogP contribution is -2.10. The zero-order valence-corrected chi connectivity index (χ0v) is 80.4. The molecule has 3 aliphatic carbocycles. The van der Waals surface area contributed by atoms with E-state index in [0.717, 1.165) is 84.4 Å². The number of rotatable bonds is 11. The molecule has 31 rings (SSSR count). The Kier molecular flexibility index (Phi) is 20.2. The van der Waals surface area contributed by atoms with Crippen LogP contribution in [-0.4, -0.2) is 33.6 Å². The number of pyridine rings is 4. The third-order valence-electron chi connectivity index (χ3n) is 30.4. The lowest BCUT2D eigenvalue weighted by atomic mass is 9.92. The molecule has 0 aliphatic heterocycles. The molecule has 0 atom stereocenters. The first-order valence-corrected chi connectivity index (χ1v) is 50.6. The molecule has 0 saturated carbocycles. The second-order valence-corrected chi connectivity index (χ2v) is 38.6. The van der Waals surface area contributed by atoms with Crippen molar-refractivity contribution < 1.29 is 0 Å². The molecule has 8 nitrogen and oxygen atoms in total. The predicted molar refractivity (Wildman–Crippen MR) is 618 cm³/mol. The van der Waals surface area contributed by atoms with Gasteiger partial charge in [-0.1, -0.05) is 358 Å². The Labute approximate surface area is 854 Å². The Morgan fingerprint density at radius 1 is 0.162 bits per heavy atom. The van der Waals surface area contributed by atoms with Gasteiger partial charge in [0.1, 0.15) is 5.82 Å². The van der Waals surface area contributed by atoms with Gasteiger partial charge in [-0.3, -0.25) is 19.5 Å². The van der Waals surface area contributed by atoms with Crippen LogP contribution in [0.5, 0.6) is 0 Å². The molecule has 7 heterocycles. The van der Waals surface area contributed by atoms with Crippen LogP contribution in [0.15, 0.2) is 535 Å². The fourth-order valence-corrected chi connectivity index (χ4v) is 23.8. The van der Waals surface area contributed by atoms with Crippen LogP contribution in [0.1, 0.15) is 0 Å². The Hall–Kier alpha value is -19.8. The van der Waals surface area contributed by atoms with E-state index in [-0.39, 0.29) is 0 Å². The monoisotopic (exact) mass is 1880 g/mol. The van der Waals surface area contributed by atoms with Crippen molar-refractivity contribution in [1.29, 1.82) is 0 Å². The maximum Gasteiger partial charge on any atom is 0.138 e. The van der Waals surface area contributed by atoms with E-state index in [1.54, 1.807) is 0 Å². The predicted octanol–water partition coefficient (Wildman–Crippen LogP) is 37.1. The van der Waals surface area contributed by atoms with E-state index in [2.05, 4.69) is 531 Å². The van der Waals surface area contributed by atoms with E-state index in [9.17, 15) is 0 Å². The van der Waals surface area contributed by atoms with Crippen LogP contribution in [0, 0.1) is 0 Å². The minimum absolute atomic E-state index is 0.883. The number of aromatic nitrogens is 7. The molecular weight excluding hydrogens is 1790 g/mol. The molecule has 0 N–H and O–H groups in total. The van der Waals surface area contributed by atoms with Crippen LogP contribution in [0.2, 0.25) is 0 Å². The third-order valence-corrected chi connectivity index (χ3v) is 30.4. The van der Waals surface area contributed by atoms with E-state index >= 15 is 0 Å². The first kappa shape index (κ1) is 85.0. The van der Waals surface area contributed by atoms with E-state index in [1.807, 2.05) is 37.2 Å². The summed E-state index contributed by atoms with van der Waals surface area (Å²) in [6, 6.07) is 180. The van der Waals surface area contributed by atoms with Gasteiger partial charge in [-0.25, -0.2) is 4.98 Å². The highest BCUT2D eigenvalue weighted by atomic mass is 15.1. The van der Waals surface area contributed by atoms with Crippen LogP contribution in [0.4, 0.5) is 17.1 Å². The fraction of sp³-hybridized carbons (Fsp3) is 0. The van der Waals surface area contributed by atoms with Crippen molar-refractivity contribution in [2.45, 2.75) is 0 Å². The number of hydrogen-bond acceptors (Lipinski definition) is 5. The molecule has 0 radical (unpaired) electrons. The molecule has 0 saturated heterocycles. The van der Waals surface area contributed by atoms with Gasteiger partial charge in [0.25, 0.3) is 0 Å². The van der Waals surface area contributed by atoms with Gasteiger partial charge >= 0.3 is 0 Å². The molecule has 28 aromatic rings. The summed E-state index contributed by atoms with van der Waals surface area (Å²) in [5.41, 5.74) is 45.9. The summed E-state index contributed by atoms with van der Waals surface area (Å²) in [5.74, 6) is 0.883. The zero-order valence-electron chi connectivity index (χ0n) is 80.4. The van der Waals surface area contributed by atoms with Gasteiger partial charge in [-0.2, -0.15) is 0 Å². The minimum atomic E-state index is 0.883. The van der Waals surface area contributed by atoms with Crippen molar-refractivity contribution in [3.63, 3.8) is 0 Å². The minimum Gasteiger partial charge on any atom is -0.310 e. The van der Waals surface area contributed by atoms with Gasteiger partial charge in [0.2, 0.25) is 0 Å². The topological polar surface area (TPSA) is 69.6 Å². The van der Waals surface area contributed by atoms with Gasteiger partial charge in [0, 0.05) is 120 Å². The van der Waals surface area contributed by atoms with Crippen molar-refractivity contribution in [1.82, 2.24) is 33.6 Å². The third kappa shape index (κ3) is 14.1. The lowest BCUT2D eigenvalue weighted by molar-refractivity contribution is 1.08. The molecule has 688 valence electrons. The summed E-state index contributed by atoms with van der Waals surface area (Å²) in [6.45, 7) is 0. The van der Waals surface area contributed by atoms with E-state index < -0.39 is 0 Å². The quantitative estimate of drug-likeness (QED) is 0.129. The maximum absolute atomic E-state index is 5.47. The first-order valence-electron chi connectivity index (χ1n) is 50.6. The second kappa shape index (κ2) is 35.1. The molecule has 0 fully saturated rings. The molecule has 7 aromatic heterocycles. The molecule has 3 aliphatic rings. The second-order valence-electron chi connectivity index (χ2n) is 38.6. The largest absolute Gasteiger partial charge is 0.310 e. The number of anilines is 3. The molecule has 0 spiro atoms. The van der Waals surface area contributed by atoms with Gasteiger partial charge in [-0.15, -0.1) is 0 Å². The van der Waals surface area contributed by atoms with E-state index in [0.29, 0.717) is 0 Å². The molecule has 8 heteroatoms. The summed E-state index contributed by atoms with van der Waals surface area (Å²) < 4.78 is 7.25. The molecule has 148 heavy (non-hydrogen) atoms. The number of benzene rings is 21. The van der Waals surface area contributed by atoms with Gasteiger partial charge < -0.3 is 14.0 Å². The summed E-state index contributed by atoms with van der Waals surface area (Å²) in [7, 11) is 0. The number of fused-ring (bicyclic) bond motifs is 24.